The SMILES string of the molecule is CCCC1CCC(NCC2(CC)CCC2)CC1. The van der Waals surface area contributed by atoms with E-state index >= 15 is 0 Å². The molecule has 0 unspecified atom stereocenters. The van der Waals surface area contributed by atoms with Crippen LogP contribution in [-0.4, -0.2) is 12.6 Å². The van der Waals surface area contributed by atoms with Crippen LogP contribution >= 0.6 is 0 Å². The predicted molar refractivity (Wildman–Crippen MR) is 75.2 cm³/mol. The minimum Gasteiger partial charge on any atom is -0.313 e. The minimum absolute atomic E-state index is 0.695. The average Bonchev–Trinajstić information content (AvgIpc) is 2.31. The van der Waals surface area contributed by atoms with Gasteiger partial charge in [-0.05, 0) is 56.3 Å². The van der Waals surface area contributed by atoms with Crippen molar-refractivity contribution in [2.24, 2.45) is 11.3 Å². The monoisotopic (exact) mass is 237 g/mol. The third-order valence-electron chi connectivity index (χ3n) is 5.47. The van der Waals surface area contributed by atoms with Gasteiger partial charge in [0, 0.05) is 12.6 Å². The molecule has 1 N–H and O–H groups in total. The van der Waals surface area contributed by atoms with Crippen LogP contribution in [0.2, 0.25) is 0 Å². The second-order valence-corrected chi connectivity index (χ2v) is 6.59. The van der Waals surface area contributed by atoms with Gasteiger partial charge in [0.1, 0.15) is 0 Å². The maximum atomic E-state index is 3.88. The standard InChI is InChI=1S/C16H31N/c1-3-6-14-7-9-15(10-8-14)17-13-16(4-2)11-5-12-16/h14-15,17H,3-13H2,1-2H3. The van der Waals surface area contributed by atoms with Crippen LogP contribution in [0.1, 0.15) is 78.1 Å². The zero-order chi connectivity index (χ0) is 12.1. The molecule has 0 heterocycles. The molecule has 0 saturated heterocycles. The van der Waals surface area contributed by atoms with E-state index < -0.39 is 0 Å². The summed E-state index contributed by atoms with van der Waals surface area (Å²) in [5, 5.41) is 3.88. The molecule has 1 heteroatoms. The fraction of sp³-hybridized carbons (Fsp3) is 1.00. The number of hydrogen-bond donors (Lipinski definition) is 1. The lowest BCUT2D eigenvalue weighted by Crippen LogP contribution is -2.44. The van der Waals surface area contributed by atoms with Crippen molar-refractivity contribution in [2.45, 2.75) is 84.1 Å². The second kappa shape index (κ2) is 6.22. The first-order valence-electron chi connectivity index (χ1n) is 8.01. The first kappa shape index (κ1) is 13.4. The summed E-state index contributed by atoms with van der Waals surface area (Å²) in [5.74, 6) is 1.04. The van der Waals surface area contributed by atoms with Gasteiger partial charge < -0.3 is 5.32 Å². The smallest absolute Gasteiger partial charge is 0.00674 e. The normalized spacial score (nSPS) is 32.1. The van der Waals surface area contributed by atoms with E-state index in [-0.39, 0.29) is 0 Å². The quantitative estimate of drug-likeness (QED) is 0.716. The van der Waals surface area contributed by atoms with Gasteiger partial charge in [0.15, 0.2) is 0 Å². The number of rotatable bonds is 6. The lowest BCUT2D eigenvalue weighted by atomic mass is 9.67. The summed E-state index contributed by atoms with van der Waals surface area (Å²) in [7, 11) is 0. The largest absolute Gasteiger partial charge is 0.313 e. The molecule has 0 aromatic heterocycles. The molecule has 0 spiro atoms. The summed E-state index contributed by atoms with van der Waals surface area (Å²) in [5.41, 5.74) is 0.695. The van der Waals surface area contributed by atoms with Gasteiger partial charge in [-0.3, -0.25) is 0 Å². The van der Waals surface area contributed by atoms with Crippen LogP contribution in [0.4, 0.5) is 0 Å². The minimum atomic E-state index is 0.695. The molecule has 2 aliphatic carbocycles. The van der Waals surface area contributed by atoms with Crippen LogP contribution in [0, 0.1) is 11.3 Å². The average molecular weight is 237 g/mol. The van der Waals surface area contributed by atoms with Crippen LogP contribution in [0.15, 0.2) is 0 Å². The molecule has 1 nitrogen and oxygen atoms in total. The van der Waals surface area contributed by atoms with Gasteiger partial charge in [-0.2, -0.15) is 0 Å². The molecule has 0 amide bonds. The Labute approximate surface area is 108 Å². The van der Waals surface area contributed by atoms with Crippen molar-refractivity contribution < 1.29 is 0 Å². The zero-order valence-corrected chi connectivity index (χ0v) is 11.9. The van der Waals surface area contributed by atoms with Crippen molar-refractivity contribution in [1.82, 2.24) is 5.32 Å². The Balaban J connectivity index is 1.64. The van der Waals surface area contributed by atoms with E-state index in [4.69, 9.17) is 0 Å². The van der Waals surface area contributed by atoms with E-state index in [2.05, 4.69) is 19.2 Å². The highest BCUT2D eigenvalue weighted by molar-refractivity contribution is 4.90. The lowest BCUT2D eigenvalue weighted by Gasteiger charge is -2.43. The number of nitrogens with one attached hydrogen (secondary N) is 1. The first-order chi connectivity index (χ1) is 8.28. The summed E-state index contributed by atoms with van der Waals surface area (Å²) < 4.78 is 0. The molecule has 2 fully saturated rings. The van der Waals surface area contributed by atoms with Crippen LogP contribution < -0.4 is 5.32 Å². The fourth-order valence-electron chi connectivity index (χ4n) is 3.76. The van der Waals surface area contributed by atoms with E-state index in [0.717, 1.165) is 12.0 Å². The van der Waals surface area contributed by atoms with E-state index in [1.54, 1.807) is 0 Å². The van der Waals surface area contributed by atoms with Gasteiger partial charge in [-0.25, -0.2) is 0 Å². The van der Waals surface area contributed by atoms with E-state index in [1.807, 2.05) is 0 Å². The molecule has 0 bridgehead atoms. The first-order valence-corrected chi connectivity index (χ1v) is 8.01. The summed E-state index contributed by atoms with van der Waals surface area (Å²) in [6.07, 6.45) is 14.5. The lowest BCUT2D eigenvalue weighted by molar-refractivity contribution is 0.113. The predicted octanol–water partition coefficient (Wildman–Crippen LogP) is 4.52. The number of hydrogen-bond acceptors (Lipinski definition) is 1. The molecule has 0 aromatic rings. The summed E-state index contributed by atoms with van der Waals surface area (Å²) in [6, 6.07) is 0.840. The third-order valence-corrected chi connectivity index (χ3v) is 5.47. The molecule has 2 aliphatic rings. The maximum absolute atomic E-state index is 3.88. The van der Waals surface area contributed by atoms with Gasteiger partial charge in [0.05, 0.1) is 0 Å². The Morgan fingerprint density at radius 3 is 2.24 bits per heavy atom. The Morgan fingerprint density at radius 1 is 1.06 bits per heavy atom. The van der Waals surface area contributed by atoms with Crippen LogP contribution in [0.5, 0.6) is 0 Å². The molecular weight excluding hydrogens is 206 g/mol. The van der Waals surface area contributed by atoms with Crippen molar-refractivity contribution in [3.63, 3.8) is 0 Å². The summed E-state index contributed by atoms with van der Waals surface area (Å²) in [6.45, 7) is 6.00. The summed E-state index contributed by atoms with van der Waals surface area (Å²) >= 11 is 0. The fourth-order valence-corrected chi connectivity index (χ4v) is 3.76. The van der Waals surface area contributed by atoms with Crippen molar-refractivity contribution in [3.8, 4) is 0 Å². The van der Waals surface area contributed by atoms with E-state index in [9.17, 15) is 0 Å². The Kier molecular flexibility index (Phi) is 4.90. The third kappa shape index (κ3) is 3.47. The Hall–Kier alpha value is -0.0400. The Morgan fingerprint density at radius 2 is 1.76 bits per heavy atom. The van der Waals surface area contributed by atoms with Gasteiger partial charge in [-0.15, -0.1) is 0 Å². The zero-order valence-electron chi connectivity index (χ0n) is 11.9. The van der Waals surface area contributed by atoms with Gasteiger partial charge in [0.25, 0.3) is 0 Å². The molecule has 100 valence electrons. The Bertz CT molecular complexity index is 206. The van der Waals surface area contributed by atoms with Crippen LogP contribution in [-0.2, 0) is 0 Å². The van der Waals surface area contributed by atoms with Crippen LogP contribution in [0.3, 0.4) is 0 Å². The van der Waals surface area contributed by atoms with Crippen molar-refractivity contribution in [2.75, 3.05) is 6.54 Å². The topological polar surface area (TPSA) is 12.0 Å². The molecule has 17 heavy (non-hydrogen) atoms. The van der Waals surface area contributed by atoms with Gasteiger partial charge >= 0.3 is 0 Å². The van der Waals surface area contributed by atoms with Crippen molar-refractivity contribution >= 4 is 0 Å². The molecule has 2 rings (SSSR count). The van der Waals surface area contributed by atoms with Crippen molar-refractivity contribution in [1.29, 1.82) is 0 Å². The molecule has 0 radical (unpaired) electrons. The highest BCUT2D eigenvalue weighted by Crippen LogP contribution is 2.43. The second-order valence-electron chi connectivity index (χ2n) is 6.59. The molecular formula is C16H31N. The molecule has 2 saturated carbocycles. The van der Waals surface area contributed by atoms with Gasteiger partial charge in [0.2, 0.25) is 0 Å². The van der Waals surface area contributed by atoms with Crippen molar-refractivity contribution in [3.05, 3.63) is 0 Å². The highest BCUT2D eigenvalue weighted by Gasteiger charge is 2.35. The van der Waals surface area contributed by atoms with Crippen LogP contribution in [0.25, 0.3) is 0 Å². The highest BCUT2D eigenvalue weighted by atomic mass is 14.9. The van der Waals surface area contributed by atoms with Gasteiger partial charge in [-0.1, -0.05) is 33.1 Å². The molecule has 0 atom stereocenters. The van der Waals surface area contributed by atoms with E-state index in [1.165, 1.54) is 70.8 Å². The molecule has 0 aromatic carbocycles. The molecule has 0 aliphatic heterocycles. The maximum Gasteiger partial charge on any atom is 0.00674 e. The summed E-state index contributed by atoms with van der Waals surface area (Å²) in [4.78, 5) is 0. The van der Waals surface area contributed by atoms with E-state index in [0.29, 0.717) is 5.41 Å².